The number of aliphatic hydroxyl groups excluding tert-OH is 1. The third-order valence-corrected chi connectivity index (χ3v) is 3.17. The maximum absolute atomic E-state index is 13.0. The van der Waals surface area contributed by atoms with Gasteiger partial charge in [-0.3, -0.25) is 0 Å². The second-order valence-electron chi connectivity index (χ2n) is 4.50. The molecule has 0 spiro atoms. The van der Waals surface area contributed by atoms with Gasteiger partial charge < -0.3 is 5.11 Å². The van der Waals surface area contributed by atoms with Crippen LogP contribution in [0.3, 0.4) is 0 Å². The third-order valence-electron chi connectivity index (χ3n) is 3.17. The molecule has 1 N–H and O–H groups in total. The topological polar surface area (TPSA) is 20.2 Å². The highest BCUT2D eigenvalue weighted by molar-refractivity contribution is 5.22. The van der Waals surface area contributed by atoms with Gasteiger partial charge in [0.25, 0.3) is 0 Å². The second-order valence-corrected chi connectivity index (χ2v) is 4.50. The van der Waals surface area contributed by atoms with E-state index in [0.717, 1.165) is 31.4 Å². The summed E-state index contributed by atoms with van der Waals surface area (Å²) < 4.78 is 25.8. The van der Waals surface area contributed by atoms with E-state index in [2.05, 4.69) is 6.08 Å². The van der Waals surface area contributed by atoms with Gasteiger partial charge in [-0.1, -0.05) is 17.7 Å². The predicted molar refractivity (Wildman–Crippen MR) is 62.5 cm³/mol. The molecule has 0 aromatic heterocycles. The van der Waals surface area contributed by atoms with Gasteiger partial charge in [0, 0.05) is 0 Å². The predicted octanol–water partition coefficient (Wildman–Crippen LogP) is 3.89. The van der Waals surface area contributed by atoms with E-state index in [4.69, 9.17) is 0 Å². The van der Waals surface area contributed by atoms with E-state index in [-0.39, 0.29) is 0 Å². The van der Waals surface area contributed by atoms with Crippen LogP contribution in [0.5, 0.6) is 0 Å². The van der Waals surface area contributed by atoms with Crippen LogP contribution in [0.25, 0.3) is 0 Å². The van der Waals surface area contributed by atoms with Gasteiger partial charge in [-0.2, -0.15) is 0 Å². The lowest BCUT2D eigenvalue weighted by Crippen LogP contribution is -2.02. The summed E-state index contributed by atoms with van der Waals surface area (Å²) in [6, 6.07) is 3.57. The molecular formula is C14H16F2O. The Morgan fingerprint density at radius 3 is 2.65 bits per heavy atom. The van der Waals surface area contributed by atoms with Crippen molar-refractivity contribution in [3.63, 3.8) is 0 Å². The van der Waals surface area contributed by atoms with Gasteiger partial charge in [0.1, 0.15) is 0 Å². The first kappa shape index (κ1) is 12.2. The molecule has 0 aliphatic heterocycles. The summed E-state index contributed by atoms with van der Waals surface area (Å²) >= 11 is 0. The zero-order valence-corrected chi connectivity index (χ0v) is 9.63. The fourth-order valence-electron chi connectivity index (χ4n) is 2.18. The molecule has 0 amide bonds. The summed E-state index contributed by atoms with van der Waals surface area (Å²) in [6.07, 6.45) is 6.33. The number of hydrogen-bond donors (Lipinski definition) is 1. The Kier molecular flexibility index (Phi) is 3.89. The molecule has 92 valence electrons. The van der Waals surface area contributed by atoms with E-state index in [0.29, 0.717) is 12.0 Å². The summed E-state index contributed by atoms with van der Waals surface area (Å²) in [5.41, 5.74) is 1.66. The fourth-order valence-corrected chi connectivity index (χ4v) is 2.18. The number of benzene rings is 1. The molecule has 1 aliphatic carbocycles. The number of rotatable bonds is 3. The summed E-state index contributed by atoms with van der Waals surface area (Å²) in [6.45, 7) is 0. The zero-order valence-electron chi connectivity index (χ0n) is 9.63. The van der Waals surface area contributed by atoms with Crippen molar-refractivity contribution in [1.82, 2.24) is 0 Å². The molecule has 0 bridgehead atoms. The zero-order chi connectivity index (χ0) is 12.3. The normalized spacial score (nSPS) is 17.7. The number of halogens is 2. The molecule has 0 radical (unpaired) electrons. The number of hydrogen-bond acceptors (Lipinski definition) is 1. The van der Waals surface area contributed by atoms with Crippen molar-refractivity contribution in [3.05, 3.63) is 47.0 Å². The molecule has 1 aromatic rings. The van der Waals surface area contributed by atoms with E-state index in [9.17, 15) is 13.9 Å². The van der Waals surface area contributed by atoms with Gasteiger partial charge in [-0.05, 0) is 49.8 Å². The Hall–Kier alpha value is -1.22. The van der Waals surface area contributed by atoms with Crippen molar-refractivity contribution < 1.29 is 13.9 Å². The van der Waals surface area contributed by atoms with E-state index >= 15 is 0 Å². The largest absolute Gasteiger partial charge is 0.388 e. The summed E-state index contributed by atoms with van der Waals surface area (Å²) in [4.78, 5) is 0. The molecule has 17 heavy (non-hydrogen) atoms. The molecule has 3 heteroatoms. The van der Waals surface area contributed by atoms with Crippen LogP contribution < -0.4 is 0 Å². The Labute approximate surface area is 99.8 Å². The summed E-state index contributed by atoms with van der Waals surface area (Å²) in [7, 11) is 0. The van der Waals surface area contributed by atoms with Crippen molar-refractivity contribution in [2.75, 3.05) is 0 Å². The molecule has 2 rings (SSSR count). The molecule has 1 aliphatic rings. The SMILES string of the molecule is OC(CC1=CCCCC1)c1ccc(F)c(F)c1. The minimum atomic E-state index is -0.904. The first-order chi connectivity index (χ1) is 8.16. The van der Waals surface area contributed by atoms with Crippen LogP contribution in [-0.2, 0) is 0 Å². The van der Waals surface area contributed by atoms with Gasteiger partial charge in [0.05, 0.1) is 6.10 Å². The van der Waals surface area contributed by atoms with E-state index in [1.165, 1.54) is 18.1 Å². The van der Waals surface area contributed by atoms with Gasteiger partial charge >= 0.3 is 0 Å². The first-order valence-corrected chi connectivity index (χ1v) is 5.98. The van der Waals surface area contributed by atoms with Crippen LogP contribution in [0.2, 0.25) is 0 Å². The van der Waals surface area contributed by atoms with E-state index in [1.807, 2.05) is 0 Å². The monoisotopic (exact) mass is 238 g/mol. The van der Waals surface area contributed by atoms with Gasteiger partial charge in [0.15, 0.2) is 11.6 Å². The Balaban J connectivity index is 2.06. The second kappa shape index (κ2) is 5.41. The van der Waals surface area contributed by atoms with E-state index < -0.39 is 17.7 Å². The standard InChI is InChI=1S/C14H16F2O/c15-12-7-6-11(9-13(12)16)14(17)8-10-4-2-1-3-5-10/h4,6-7,9,14,17H,1-3,5,8H2. The van der Waals surface area contributed by atoms with Crippen molar-refractivity contribution in [3.8, 4) is 0 Å². The maximum atomic E-state index is 13.0. The molecular weight excluding hydrogens is 222 g/mol. The Bertz CT molecular complexity index is 426. The van der Waals surface area contributed by atoms with Crippen LogP contribution in [-0.4, -0.2) is 5.11 Å². The average molecular weight is 238 g/mol. The minimum absolute atomic E-state index is 0.440. The van der Waals surface area contributed by atoms with Crippen LogP contribution in [0.1, 0.15) is 43.8 Å². The number of aliphatic hydroxyl groups is 1. The van der Waals surface area contributed by atoms with Crippen LogP contribution in [0.4, 0.5) is 8.78 Å². The average Bonchev–Trinajstić information content (AvgIpc) is 2.34. The lowest BCUT2D eigenvalue weighted by Gasteiger charge is -2.17. The third kappa shape index (κ3) is 3.13. The highest BCUT2D eigenvalue weighted by atomic mass is 19.2. The molecule has 1 atom stereocenters. The van der Waals surface area contributed by atoms with Crippen LogP contribution in [0.15, 0.2) is 29.8 Å². The highest BCUT2D eigenvalue weighted by Gasteiger charge is 2.14. The van der Waals surface area contributed by atoms with Gasteiger partial charge in [-0.15, -0.1) is 0 Å². The van der Waals surface area contributed by atoms with Crippen LogP contribution in [0, 0.1) is 11.6 Å². The van der Waals surface area contributed by atoms with Crippen molar-refractivity contribution >= 4 is 0 Å². The lowest BCUT2D eigenvalue weighted by molar-refractivity contribution is 0.176. The molecule has 0 heterocycles. The maximum Gasteiger partial charge on any atom is 0.159 e. The molecule has 0 saturated carbocycles. The fraction of sp³-hybridized carbons (Fsp3) is 0.429. The van der Waals surface area contributed by atoms with Crippen molar-refractivity contribution in [2.45, 2.75) is 38.2 Å². The lowest BCUT2D eigenvalue weighted by atomic mass is 9.93. The Morgan fingerprint density at radius 1 is 1.18 bits per heavy atom. The summed E-state index contributed by atoms with van der Waals surface area (Å²) in [5, 5.41) is 9.96. The van der Waals surface area contributed by atoms with Crippen LogP contribution >= 0.6 is 0 Å². The molecule has 1 nitrogen and oxygen atoms in total. The van der Waals surface area contributed by atoms with E-state index in [1.54, 1.807) is 0 Å². The minimum Gasteiger partial charge on any atom is -0.388 e. The molecule has 1 aromatic carbocycles. The van der Waals surface area contributed by atoms with Crippen molar-refractivity contribution in [2.24, 2.45) is 0 Å². The molecule has 0 fully saturated rings. The Morgan fingerprint density at radius 2 is 2.00 bits per heavy atom. The van der Waals surface area contributed by atoms with Crippen molar-refractivity contribution in [1.29, 1.82) is 0 Å². The van der Waals surface area contributed by atoms with Gasteiger partial charge in [0.2, 0.25) is 0 Å². The highest BCUT2D eigenvalue weighted by Crippen LogP contribution is 2.28. The van der Waals surface area contributed by atoms with Gasteiger partial charge in [-0.25, -0.2) is 8.78 Å². The quantitative estimate of drug-likeness (QED) is 0.792. The summed E-state index contributed by atoms with van der Waals surface area (Å²) in [5.74, 6) is -1.78. The smallest absolute Gasteiger partial charge is 0.159 e. The molecule has 0 saturated heterocycles. The molecule has 1 unspecified atom stereocenters. The number of allylic oxidation sites excluding steroid dienone is 1. The first-order valence-electron chi connectivity index (χ1n) is 5.98.